The van der Waals surface area contributed by atoms with E-state index >= 15 is 0 Å². The van der Waals surface area contributed by atoms with E-state index in [-0.39, 0.29) is 5.03 Å². The Hall–Kier alpha value is -2.02. The quantitative estimate of drug-likeness (QED) is 0.712. The lowest BCUT2D eigenvalue weighted by Gasteiger charge is -2.09. The van der Waals surface area contributed by atoms with Gasteiger partial charge < -0.3 is 10.7 Å². The number of nitrogen functional groups attached to an aromatic ring is 1. The summed E-state index contributed by atoms with van der Waals surface area (Å²) >= 11 is 0. The minimum Gasteiger partial charge on any atom is -0.397 e. The lowest BCUT2D eigenvalue weighted by Crippen LogP contribution is -2.14. The highest BCUT2D eigenvalue weighted by Crippen LogP contribution is 2.22. The van der Waals surface area contributed by atoms with E-state index in [1.165, 1.54) is 12.5 Å². The summed E-state index contributed by atoms with van der Waals surface area (Å²) in [6.07, 6.45) is 2.53. The van der Waals surface area contributed by atoms with Gasteiger partial charge in [0.2, 0.25) is 0 Å². The molecule has 0 saturated heterocycles. The number of anilines is 2. The van der Waals surface area contributed by atoms with Gasteiger partial charge in [-0.25, -0.2) is 4.98 Å². The smallest absolute Gasteiger partial charge is 0.279 e. The predicted molar refractivity (Wildman–Crippen MR) is 65.0 cm³/mol. The van der Waals surface area contributed by atoms with Crippen molar-refractivity contribution in [2.45, 2.75) is 11.9 Å². The van der Waals surface area contributed by atoms with E-state index in [0.29, 0.717) is 11.4 Å². The Morgan fingerprint density at radius 3 is 2.82 bits per heavy atom. The third-order valence-corrected chi connectivity index (χ3v) is 3.51. The van der Waals surface area contributed by atoms with Crippen LogP contribution in [0.2, 0.25) is 0 Å². The fourth-order valence-electron chi connectivity index (χ4n) is 1.35. The molecule has 6 nitrogen and oxygen atoms in total. The molecule has 0 bridgehead atoms. The number of aromatic amines is 1. The third-order valence-electron chi connectivity index (χ3n) is 2.22. The highest BCUT2D eigenvalue weighted by molar-refractivity contribution is 7.92. The first kappa shape index (κ1) is 11.5. The zero-order chi connectivity index (χ0) is 12.5. The molecule has 17 heavy (non-hydrogen) atoms. The van der Waals surface area contributed by atoms with Crippen LogP contribution in [0.5, 0.6) is 0 Å². The number of aromatic nitrogens is 2. The average molecular weight is 252 g/mol. The Kier molecular flexibility index (Phi) is 2.76. The monoisotopic (exact) mass is 252 g/mol. The molecule has 1 heterocycles. The molecule has 0 radical (unpaired) electrons. The van der Waals surface area contributed by atoms with E-state index in [0.717, 1.165) is 5.56 Å². The van der Waals surface area contributed by atoms with Crippen molar-refractivity contribution in [1.29, 1.82) is 0 Å². The Bertz CT molecular complexity index is 620. The molecule has 1 aromatic heterocycles. The number of aryl methyl sites for hydroxylation is 1. The summed E-state index contributed by atoms with van der Waals surface area (Å²) in [7, 11) is -3.66. The zero-order valence-corrected chi connectivity index (χ0v) is 9.95. The zero-order valence-electron chi connectivity index (χ0n) is 9.14. The number of benzene rings is 1. The van der Waals surface area contributed by atoms with Gasteiger partial charge in [-0.05, 0) is 24.6 Å². The minimum atomic E-state index is -3.66. The molecule has 0 spiro atoms. The average Bonchev–Trinajstić information content (AvgIpc) is 2.77. The van der Waals surface area contributed by atoms with Crippen LogP contribution in [0.15, 0.2) is 35.7 Å². The molecule has 0 aliphatic heterocycles. The van der Waals surface area contributed by atoms with Crippen LogP contribution >= 0.6 is 0 Å². The van der Waals surface area contributed by atoms with Gasteiger partial charge in [-0.3, -0.25) is 4.72 Å². The molecule has 4 N–H and O–H groups in total. The van der Waals surface area contributed by atoms with Gasteiger partial charge in [-0.1, -0.05) is 6.07 Å². The number of sulfonamides is 1. The number of nitrogens with zero attached hydrogens (tertiary/aromatic N) is 1. The fourth-order valence-corrected chi connectivity index (χ4v) is 2.33. The lowest BCUT2D eigenvalue weighted by molar-refractivity contribution is 0.598. The molecule has 2 rings (SSSR count). The van der Waals surface area contributed by atoms with Crippen molar-refractivity contribution in [2.75, 3.05) is 10.5 Å². The molecule has 0 aliphatic carbocycles. The van der Waals surface area contributed by atoms with E-state index in [4.69, 9.17) is 5.73 Å². The van der Waals surface area contributed by atoms with Crippen molar-refractivity contribution in [2.24, 2.45) is 0 Å². The summed E-state index contributed by atoms with van der Waals surface area (Å²) in [6.45, 7) is 1.85. The summed E-state index contributed by atoms with van der Waals surface area (Å²) < 4.78 is 26.2. The Labute approximate surface area is 98.9 Å². The maximum atomic E-state index is 11.9. The largest absolute Gasteiger partial charge is 0.397 e. The number of rotatable bonds is 3. The first-order chi connectivity index (χ1) is 7.99. The van der Waals surface area contributed by atoms with Crippen LogP contribution in [0.3, 0.4) is 0 Å². The molecule has 7 heteroatoms. The summed E-state index contributed by atoms with van der Waals surface area (Å²) in [5, 5.41) is -0.00148. The lowest BCUT2D eigenvalue weighted by atomic mass is 10.2. The van der Waals surface area contributed by atoms with Crippen molar-refractivity contribution < 1.29 is 8.42 Å². The second kappa shape index (κ2) is 4.10. The minimum absolute atomic E-state index is 0.00148. The molecule has 2 aromatic rings. The van der Waals surface area contributed by atoms with Crippen LogP contribution in [0.1, 0.15) is 5.56 Å². The summed E-state index contributed by atoms with van der Waals surface area (Å²) in [5.74, 6) is 0. The maximum Gasteiger partial charge on any atom is 0.279 e. The second-order valence-corrected chi connectivity index (χ2v) is 5.26. The number of H-pyrrole nitrogens is 1. The number of imidazole rings is 1. The Balaban J connectivity index is 2.36. The molecule has 0 saturated carbocycles. The van der Waals surface area contributed by atoms with Crippen LogP contribution in [0.4, 0.5) is 11.4 Å². The predicted octanol–water partition coefficient (Wildman–Crippen LogP) is 1.10. The van der Waals surface area contributed by atoms with Crippen molar-refractivity contribution >= 4 is 21.4 Å². The first-order valence-corrected chi connectivity index (χ1v) is 6.35. The molecular weight excluding hydrogens is 240 g/mol. The van der Waals surface area contributed by atoms with Gasteiger partial charge in [0.25, 0.3) is 10.0 Å². The van der Waals surface area contributed by atoms with Crippen molar-refractivity contribution in [3.63, 3.8) is 0 Å². The number of hydrogen-bond acceptors (Lipinski definition) is 4. The Morgan fingerprint density at radius 1 is 1.41 bits per heavy atom. The van der Waals surface area contributed by atoms with Gasteiger partial charge >= 0.3 is 0 Å². The third kappa shape index (κ3) is 2.39. The first-order valence-electron chi connectivity index (χ1n) is 4.86. The molecule has 0 atom stereocenters. The highest BCUT2D eigenvalue weighted by Gasteiger charge is 2.16. The van der Waals surface area contributed by atoms with Crippen molar-refractivity contribution in [3.05, 3.63) is 36.3 Å². The maximum absolute atomic E-state index is 11.9. The van der Waals surface area contributed by atoms with Crippen LogP contribution < -0.4 is 10.5 Å². The number of nitrogens with two attached hydrogens (primary N) is 1. The van der Waals surface area contributed by atoms with Crippen LogP contribution in [0.25, 0.3) is 0 Å². The molecule has 1 aromatic carbocycles. The highest BCUT2D eigenvalue weighted by atomic mass is 32.2. The van der Waals surface area contributed by atoms with Gasteiger partial charge in [0.15, 0.2) is 5.03 Å². The number of hydrogen-bond donors (Lipinski definition) is 3. The van der Waals surface area contributed by atoms with Crippen LogP contribution in [-0.2, 0) is 10.0 Å². The van der Waals surface area contributed by atoms with Crippen molar-refractivity contribution in [3.8, 4) is 0 Å². The normalized spacial score (nSPS) is 11.4. The molecular formula is C10H12N4O2S. The van der Waals surface area contributed by atoms with Crippen LogP contribution in [-0.4, -0.2) is 18.4 Å². The van der Waals surface area contributed by atoms with Crippen LogP contribution in [0, 0.1) is 6.92 Å². The molecule has 0 fully saturated rings. The topological polar surface area (TPSA) is 101 Å². The van der Waals surface area contributed by atoms with Gasteiger partial charge in [0, 0.05) is 0 Å². The van der Waals surface area contributed by atoms with Gasteiger partial charge in [0.05, 0.1) is 23.9 Å². The number of nitrogens with one attached hydrogen (secondary N) is 2. The van der Waals surface area contributed by atoms with Gasteiger partial charge in [0.1, 0.15) is 0 Å². The van der Waals surface area contributed by atoms with E-state index in [2.05, 4.69) is 14.7 Å². The summed E-state index contributed by atoms with van der Waals surface area (Å²) in [4.78, 5) is 6.19. The van der Waals surface area contributed by atoms with E-state index in [1.54, 1.807) is 12.1 Å². The van der Waals surface area contributed by atoms with E-state index in [9.17, 15) is 8.42 Å². The standard InChI is InChI=1S/C10H12N4O2S/c1-7-2-3-8(11)9(4-7)14-17(15,16)10-5-12-6-13-10/h2-6,14H,11H2,1H3,(H,12,13). The van der Waals surface area contributed by atoms with E-state index < -0.39 is 10.0 Å². The van der Waals surface area contributed by atoms with Gasteiger partial charge in [-0.15, -0.1) is 0 Å². The van der Waals surface area contributed by atoms with E-state index in [1.807, 2.05) is 13.0 Å². The fraction of sp³-hybridized carbons (Fsp3) is 0.100. The summed E-state index contributed by atoms with van der Waals surface area (Å²) in [6, 6.07) is 5.13. The van der Waals surface area contributed by atoms with Crippen molar-refractivity contribution in [1.82, 2.24) is 9.97 Å². The molecule has 0 amide bonds. The molecule has 90 valence electrons. The van der Waals surface area contributed by atoms with Gasteiger partial charge in [-0.2, -0.15) is 8.42 Å². The summed E-state index contributed by atoms with van der Waals surface area (Å²) in [5.41, 5.74) is 7.35. The second-order valence-electron chi connectivity index (χ2n) is 3.61. The SMILES string of the molecule is Cc1ccc(N)c(NS(=O)(=O)c2cnc[nH]2)c1. The molecule has 0 aliphatic rings. The molecule has 0 unspecified atom stereocenters. The Morgan fingerprint density at radius 2 is 2.18 bits per heavy atom.